The molecule has 0 atom stereocenters. The zero-order chi connectivity index (χ0) is 16.9. The van der Waals surface area contributed by atoms with Crippen molar-refractivity contribution < 1.29 is 4.79 Å². The first-order valence-electron chi connectivity index (χ1n) is 7.45. The van der Waals surface area contributed by atoms with E-state index < -0.39 is 0 Å². The lowest BCUT2D eigenvalue weighted by molar-refractivity contribution is -0.122. The van der Waals surface area contributed by atoms with Crippen LogP contribution in [0.15, 0.2) is 69.8 Å². The molecule has 1 fully saturated rings. The van der Waals surface area contributed by atoms with E-state index in [1.807, 2.05) is 67.1 Å². The zero-order valence-corrected chi connectivity index (χ0v) is 14.8. The third kappa shape index (κ3) is 3.66. The molecular formula is C18H17N3OS2. The van der Waals surface area contributed by atoms with Gasteiger partial charge < -0.3 is 5.32 Å². The van der Waals surface area contributed by atoms with E-state index in [0.29, 0.717) is 11.4 Å². The van der Waals surface area contributed by atoms with Crippen LogP contribution in [-0.4, -0.2) is 23.0 Å². The van der Waals surface area contributed by atoms with Crippen LogP contribution in [0.25, 0.3) is 0 Å². The fraction of sp³-hybridized carbons (Fsp3) is 0.111. The molecule has 2 aromatic carbocycles. The van der Waals surface area contributed by atoms with Gasteiger partial charge in [-0.25, -0.2) is 0 Å². The lowest BCUT2D eigenvalue weighted by atomic mass is 10.2. The van der Waals surface area contributed by atoms with Crippen molar-refractivity contribution >= 4 is 40.3 Å². The number of hydrogen-bond acceptors (Lipinski definition) is 5. The Morgan fingerprint density at radius 3 is 2.62 bits per heavy atom. The van der Waals surface area contributed by atoms with Crippen LogP contribution in [-0.2, 0) is 11.3 Å². The van der Waals surface area contributed by atoms with Gasteiger partial charge in [-0.1, -0.05) is 54.2 Å². The average molecular weight is 355 g/mol. The molecule has 1 aliphatic heterocycles. The molecular weight excluding hydrogens is 338 g/mol. The SMILES string of the molecule is CNc1ccccc1S/C=C1\SC(=N)N(Cc2ccccc2)C1=O. The number of carbonyl (C=O) groups excluding carboxylic acids is 1. The Balaban J connectivity index is 1.73. The maximum atomic E-state index is 12.6. The normalized spacial score (nSPS) is 16.0. The summed E-state index contributed by atoms with van der Waals surface area (Å²) in [5.74, 6) is -0.108. The van der Waals surface area contributed by atoms with Gasteiger partial charge in [-0.15, -0.1) is 0 Å². The predicted molar refractivity (Wildman–Crippen MR) is 102 cm³/mol. The number of rotatable bonds is 5. The highest BCUT2D eigenvalue weighted by atomic mass is 32.2. The largest absolute Gasteiger partial charge is 0.387 e. The number of benzene rings is 2. The van der Waals surface area contributed by atoms with Crippen molar-refractivity contribution in [3.05, 3.63) is 70.5 Å². The van der Waals surface area contributed by atoms with Crippen molar-refractivity contribution in [1.82, 2.24) is 4.90 Å². The Labute approximate surface area is 149 Å². The van der Waals surface area contributed by atoms with E-state index in [1.165, 1.54) is 28.4 Å². The maximum Gasteiger partial charge on any atom is 0.267 e. The fourth-order valence-corrected chi connectivity index (χ4v) is 4.09. The number of amidine groups is 1. The van der Waals surface area contributed by atoms with E-state index in [2.05, 4.69) is 5.32 Å². The van der Waals surface area contributed by atoms with Gasteiger partial charge in [0, 0.05) is 17.6 Å². The van der Waals surface area contributed by atoms with E-state index in [0.717, 1.165) is 16.1 Å². The molecule has 1 heterocycles. The minimum atomic E-state index is -0.108. The number of amides is 1. The van der Waals surface area contributed by atoms with Crippen molar-refractivity contribution in [2.24, 2.45) is 0 Å². The van der Waals surface area contributed by atoms with E-state index >= 15 is 0 Å². The highest BCUT2D eigenvalue weighted by molar-refractivity contribution is 8.19. The minimum absolute atomic E-state index is 0.108. The van der Waals surface area contributed by atoms with Crippen molar-refractivity contribution in [1.29, 1.82) is 5.41 Å². The Morgan fingerprint density at radius 1 is 1.17 bits per heavy atom. The van der Waals surface area contributed by atoms with E-state index in [9.17, 15) is 4.79 Å². The number of hydrogen-bond donors (Lipinski definition) is 2. The number of carbonyl (C=O) groups is 1. The second-order valence-corrected chi connectivity index (χ2v) is 7.07. The number of nitrogens with one attached hydrogen (secondary N) is 2. The Morgan fingerprint density at radius 2 is 1.88 bits per heavy atom. The van der Waals surface area contributed by atoms with Gasteiger partial charge in [0.1, 0.15) is 0 Å². The smallest absolute Gasteiger partial charge is 0.267 e. The highest BCUT2D eigenvalue weighted by Gasteiger charge is 2.32. The van der Waals surface area contributed by atoms with Crippen LogP contribution in [0.4, 0.5) is 5.69 Å². The monoisotopic (exact) mass is 355 g/mol. The van der Waals surface area contributed by atoms with Crippen molar-refractivity contribution in [3.63, 3.8) is 0 Å². The molecule has 0 aliphatic carbocycles. The maximum absolute atomic E-state index is 12.6. The summed E-state index contributed by atoms with van der Waals surface area (Å²) in [6, 6.07) is 17.7. The first kappa shape index (κ1) is 16.7. The van der Waals surface area contributed by atoms with Gasteiger partial charge in [-0.2, -0.15) is 0 Å². The summed E-state index contributed by atoms with van der Waals surface area (Å²) in [7, 11) is 1.87. The van der Waals surface area contributed by atoms with Gasteiger partial charge in [0.15, 0.2) is 5.17 Å². The van der Waals surface area contributed by atoms with Gasteiger partial charge in [0.2, 0.25) is 0 Å². The van der Waals surface area contributed by atoms with Crippen molar-refractivity contribution in [2.75, 3.05) is 12.4 Å². The highest BCUT2D eigenvalue weighted by Crippen LogP contribution is 2.36. The van der Waals surface area contributed by atoms with E-state index in [4.69, 9.17) is 5.41 Å². The lowest BCUT2D eigenvalue weighted by Gasteiger charge is -2.14. The van der Waals surface area contributed by atoms with Crippen molar-refractivity contribution in [3.8, 4) is 0 Å². The zero-order valence-electron chi connectivity index (χ0n) is 13.2. The molecule has 1 aliphatic rings. The Kier molecular flexibility index (Phi) is 5.27. The Bertz CT molecular complexity index is 790. The van der Waals surface area contributed by atoms with Gasteiger partial charge in [0.05, 0.1) is 11.4 Å². The number of para-hydroxylation sites is 1. The summed E-state index contributed by atoms with van der Waals surface area (Å²) in [5.41, 5.74) is 2.04. The molecule has 4 nitrogen and oxygen atoms in total. The molecule has 0 aromatic heterocycles. The van der Waals surface area contributed by atoms with Crippen LogP contribution in [0.3, 0.4) is 0 Å². The molecule has 1 amide bonds. The predicted octanol–water partition coefficient (Wildman–Crippen LogP) is 4.37. The second-order valence-electron chi connectivity index (χ2n) is 5.13. The molecule has 2 N–H and O–H groups in total. The van der Waals surface area contributed by atoms with E-state index in [-0.39, 0.29) is 11.1 Å². The second kappa shape index (κ2) is 7.59. The molecule has 122 valence electrons. The summed E-state index contributed by atoms with van der Waals surface area (Å²) in [6.45, 7) is 0.431. The fourth-order valence-electron chi connectivity index (χ4n) is 2.31. The summed E-state index contributed by atoms with van der Waals surface area (Å²) in [4.78, 5) is 15.7. The van der Waals surface area contributed by atoms with Gasteiger partial charge in [0.25, 0.3) is 5.91 Å². The molecule has 6 heteroatoms. The van der Waals surface area contributed by atoms with Crippen LogP contribution in [0.2, 0.25) is 0 Å². The molecule has 3 rings (SSSR count). The van der Waals surface area contributed by atoms with Crippen LogP contribution >= 0.6 is 23.5 Å². The van der Waals surface area contributed by atoms with E-state index in [1.54, 1.807) is 0 Å². The van der Waals surface area contributed by atoms with Crippen LogP contribution < -0.4 is 5.32 Å². The third-order valence-corrected chi connectivity index (χ3v) is 5.58. The first-order chi connectivity index (χ1) is 11.7. The molecule has 0 saturated carbocycles. The molecule has 2 aromatic rings. The molecule has 24 heavy (non-hydrogen) atoms. The number of anilines is 1. The topological polar surface area (TPSA) is 56.2 Å². The first-order valence-corrected chi connectivity index (χ1v) is 9.14. The minimum Gasteiger partial charge on any atom is -0.387 e. The molecule has 1 saturated heterocycles. The van der Waals surface area contributed by atoms with Gasteiger partial charge >= 0.3 is 0 Å². The summed E-state index contributed by atoms with van der Waals surface area (Å²) in [6.07, 6.45) is 0. The quantitative estimate of drug-likeness (QED) is 0.618. The molecule has 0 unspecified atom stereocenters. The van der Waals surface area contributed by atoms with Crippen molar-refractivity contribution in [2.45, 2.75) is 11.4 Å². The number of nitrogens with zero attached hydrogens (tertiary/aromatic N) is 1. The third-order valence-electron chi connectivity index (χ3n) is 3.54. The summed E-state index contributed by atoms with van der Waals surface area (Å²) >= 11 is 2.71. The molecule has 0 spiro atoms. The summed E-state index contributed by atoms with van der Waals surface area (Å²) < 4.78 is 0. The van der Waals surface area contributed by atoms with Gasteiger partial charge in [-0.05, 0) is 34.9 Å². The molecule has 0 radical (unpaired) electrons. The lowest BCUT2D eigenvalue weighted by Crippen LogP contribution is -2.27. The van der Waals surface area contributed by atoms with Crippen LogP contribution in [0.1, 0.15) is 5.56 Å². The van der Waals surface area contributed by atoms with Crippen LogP contribution in [0, 0.1) is 5.41 Å². The average Bonchev–Trinajstić information content (AvgIpc) is 2.88. The van der Waals surface area contributed by atoms with Crippen LogP contribution in [0.5, 0.6) is 0 Å². The molecule has 0 bridgehead atoms. The van der Waals surface area contributed by atoms with Gasteiger partial charge in [-0.3, -0.25) is 15.1 Å². The summed E-state index contributed by atoms with van der Waals surface area (Å²) in [5, 5.41) is 13.3. The Hall–Kier alpha value is -2.18. The standard InChI is InChI=1S/C18H17N3OS2/c1-20-14-9-5-6-10-15(14)23-12-16-17(22)21(18(19)24-16)11-13-7-3-2-4-8-13/h2-10,12,19-20H,11H2,1H3/b16-12-,19-18?. The number of thioether (sulfide) groups is 2.